The number of nitrogens with one attached hydrogen (secondary N) is 1. The average molecular weight is 236 g/mol. The molecule has 2 atom stereocenters. The van der Waals surface area contributed by atoms with Gasteiger partial charge in [0.05, 0.1) is 0 Å². The van der Waals surface area contributed by atoms with Crippen LogP contribution in [0.3, 0.4) is 0 Å². The van der Waals surface area contributed by atoms with E-state index in [-0.39, 0.29) is 0 Å². The zero-order valence-corrected chi connectivity index (χ0v) is 11.2. The second-order valence-electron chi connectivity index (χ2n) is 5.62. The van der Waals surface area contributed by atoms with E-state index in [0.29, 0.717) is 12.0 Å². The van der Waals surface area contributed by atoms with Gasteiger partial charge in [-0.25, -0.2) is 9.67 Å². The van der Waals surface area contributed by atoms with Crippen LogP contribution in [0.15, 0.2) is 6.33 Å². The largest absolute Gasteiger partial charge is 0.317 e. The van der Waals surface area contributed by atoms with E-state index in [9.17, 15) is 0 Å². The van der Waals surface area contributed by atoms with E-state index in [1.807, 2.05) is 0 Å². The van der Waals surface area contributed by atoms with Crippen LogP contribution in [0.25, 0.3) is 0 Å². The maximum atomic E-state index is 4.42. The van der Waals surface area contributed by atoms with Crippen molar-refractivity contribution in [2.75, 3.05) is 7.05 Å². The molecule has 0 bridgehead atoms. The summed E-state index contributed by atoms with van der Waals surface area (Å²) in [4.78, 5) is 4.42. The Labute approximate surface area is 104 Å². The molecule has 2 unspecified atom stereocenters. The summed E-state index contributed by atoms with van der Waals surface area (Å²) < 4.78 is 2.08. The first-order chi connectivity index (χ1) is 8.19. The van der Waals surface area contributed by atoms with Crippen molar-refractivity contribution in [2.45, 2.75) is 52.1 Å². The fraction of sp³-hybridized carbons (Fsp3) is 0.846. The molecule has 1 heterocycles. The van der Waals surface area contributed by atoms with E-state index < -0.39 is 0 Å². The minimum absolute atomic E-state index is 0.629. The summed E-state index contributed by atoms with van der Waals surface area (Å²) >= 11 is 0. The fourth-order valence-electron chi connectivity index (χ4n) is 2.73. The van der Waals surface area contributed by atoms with Crippen LogP contribution in [0.1, 0.15) is 38.9 Å². The fourth-order valence-corrected chi connectivity index (χ4v) is 2.73. The molecule has 0 aromatic carbocycles. The second-order valence-corrected chi connectivity index (χ2v) is 5.62. The Balaban J connectivity index is 1.92. The van der Waals surface area contributed by atoms with E-state index in [0.717, 1.165) is 18.9 Å². The summed E-state index contributed by atoms with van der Waals surface area (Å²) in [6.45, 7) is 5.42. The quantitative estimate of drug-likeness (QED) is 0.848. The number of aromatic nitrogens is 3. The Morgan fingerprint density at radius 2 is 2.29 bits per heavy atom. The molecule has 1 N–H and O–H groups in total. The Morgan fingerprint density at radius 1 is 1.47 bits per heavy atom. The van der Waals surface area contributed by atoms with E-state index in [1.165, 1.54) is 25.1 Å². The van der Waals surface area contributed by atoms with Gasteiger partial charge in [0.25, 0.3) is 0 Å². The predicted octanol–water partition coefficient (Wildman–Crippen LogP) is 1.86. The van der Waals surface area contributed by atoms with Gasteiger partial charge in [-0.3, -0.25) is 0 Å². The van der Waals surface area contributed by atoms with Gasteiger partial charge in [-0.1, -0.05) is 13.8 Å². The summed E-state index contributed by atoms with van der Waals surface area (Å²) in [7, 11) is 2.06. The molecule has 0 radical (unpaired) electrons. The third kappa shape index (κ3) is 3.28. The van der Waals surface area contributed by atoms with Crippen molar-refractivity contribution in [1.29, 1.82) is 0 Å². The first-order valence-electron chi connectivity index (χ1n) is 6.73. The number of rotatable bonds is 5. The number of nitrogens with zero attached hydrogens (tertiary/aromatic N) is 3. The van der Waals surface area contributed by atoms with Gasteiger partial charge in [0, 0.05) is 19.0 Å². The van der Waals surface area contributed by atoms with Gasteiger partial charge in [0.15, 0.2) is 0 Å². The molecule has 1 saturated carbocycles. The van der Waals surface area contributed by atoms with Gasteiger partial charge in [-0.2, -0.15) is 5.10 Å². The highest BCUT2D eigenvalue weighted by atomic mass is 15.3. The number of hydrogen-bond donors (Lipinski definition) is 1. The molecule has 0 spiro atoms. The first kappa shape index (κ1) is 12.6. The van der Waals surface area contributed by atoms with Crippen molar-refractivity contribution in [3.63, 3.8) is 0 Å². The smallest absolute Gasteiger partial charge is 0.138 e. The molecule has 4 nitrogen and oxygen atoms in total. The topological polar surface area (TPSA) is 42.7 Å². The van der Waals surface area contributed by atoms with Crippen LogP contribution in [-0.2, 0) is 13.0 Å². The van der Waals surface area contributed by atoms with E-state index in [4.69, 9.17) is 0 Å². The van der Waals surface area contributed by atoms with Gasteiger partial charge >= 0.3 is 0 Å². The first-order valence-corrected chi connectivity index (χ1v) is 6.73. The standard InChI is InChI=1S/C13H24N4/c1-10(2)8-17-13(15-9-16-17)7-11-4-5-12(6-11)14-3/h9-12,14H,4-8H2,1-3H3. The van der Waals surface area contributed by atoms with E-state index in [1.54, 1.807) is 6.33 Å². The van der Waals surface area contributed by atoms with Gasteiger partial charge in [0.2, 0.25) is 0 Å². The Kier molecular flexibility index (Phi) is 4.15. The molecule has 1 aromatic rings. The van der Waals surface area contributed by atoms with Gasteiger partial charge in [-0.05, 0) is 38.1 Å². The SMILES string of the molecule is CNC1CCC(Cc2ncnn2CC(C)C)C1. The van der Waals surface area contributed by atoms with Crippen molar-refractivity contribution in [3.8, 4) is 0 Å². The Bertz CT molecular complexity index is 345. The molecule has 2 rings (SSSR count). The minimum atomic E-state index is 0.629. The van der Waals surface area contributed by atoms with Crippen molar-refractivity contribution in [3.05, 3.63) is 12.2 Å². The molecular weight excluding hydrogens is 212 g/mol. The van der Waals surface area contributed by atoms with Crippen LogP contribution in [0.2, 0.25) is 0 Å². The molecule has 1 fully saturated rings. The highest BCUT2D eigenvalue weighted by Crippen LogP contribution is 2.27. The molecular formula is C13H24N4. The van der Waals surface area contributed by atoms with Gasteiger partial charge in [0.1, 0.15) is 12.2 Å². The predicted molar refractivity (Wildman–Crippen MR) is 68.8 cm³/mol. The van der Waals surface area contributed by atoms with Gasteiger partial charge < -0.3 is 5.32 Å². The zero-order chi connectivity index (χ0) is 12.3. The highest BCUT2D eigenvalue weighted by molar-refractivity contribution is 4.91. The molecule has 1 aromatic heterocycles. The highest BCUT2D eigenvalue weighted by Gasteiger charge is 2.24. The normalized spacial score (nSPS) is 24.7. The summed E-state index contributed by atoms with van der Waals surface area (Å²) in [5.41, 5.74) is 0. The van der Waals surface area contributed by atoms with Crippen LogP contribution in [0.5, 0.6) is 0 Å². The zero-order valence-electron chi connectivity index (χ0n) is 11.2. The lowest BCUT2D eigenvalue weighted by Gasteiger charge is -2.12. The van der Waals surface area contributed by atoms with E-state index >= 15 is 0 Å². The summed E-state index contributed by atoms with van der Waals surface area (Å²) in [5.74, 6) is 2.58. The molecule has 0 amide bonds. The molecule has 4 heteroatoms. The third-order valence-corrected chi connectivity index (χ3v) is 3.65. The monoisotopic (exact) mass is 236 g/mol. The molecule has 0 saturated heterocycles. The molecule has 1 aliphatic rings. The van der Waals surface area contributed by atoms with Crippen molar-refractivity contribution >= 4 is 0 Å². The van der Waals surface area contributed by atoms with Crippen molar-refractivity contribution < 1.29 is 0 Å². The molecule has 17 heavy (non-hydrogen) atoms. The molecule has 0 aliphatic heterocycles. The maximum Gasteiger partial charge on any atom is 0.138 e. The summed E-state index contributed by atoms with van der Waals surface area (Å²) in [6.07, 6.45) is 6.69. The average Bonchev–Trinajstić information content (AvgIpc) is 2.89. The Hall–Kier alpha value is -0.900. The number of hydrogen-bond acceptors (Lipinski definition) is 3. The lowest BCUT2D eigenvalue weighted by molar-refractivity contribution is 0.436. The maximum absolute atomic E-state index is 4.42. The lowest BCUT2D eigenvalue weighted by atomic mass is 10.0. The molecule has 96 valence electrons. The van der Waals surface area contributed by atoms with Crippen LogP contribution in [0, 0.1) is 11.8 Å². The second kappa shape index (κ2) is 5.63. The van der Waals surface area contributed by atoms with Crippen LogP contribution >= 0.6 is 0 Å². The Morgan fingerprint density at radius 3 is 2.94 bits per heavy atom. The van der Waals surface area contributed by atoms with Crippen molar-refractivity contribution in [2.24, 2.45) is 11.8 Å². The van der Waals surface area contributed by atoms with Crippen LogP contribution in [-0.4, -0.2) is 27.9 Å². The minimum Gasteiger partial charge on any atom is -0.317 e. The van der Waals surface area contributed by atoms with Crippen LogP contribution < -0.4 is 5.32 Å². The van der Waals surface area contributed by atoms with E-state index in [2.05, 4.69) is 41.0 Å². The third-order valence-electron chi connectivity index (χ3n) is 3.65. The summed E-state index contributed by atoms with van der Waals surface area (Å²) in [6, 6.07) is 0.710. The van der Waals surface area contributed by atoms with Gasteiger partial charge in [-0.15, -0.1) is 0 Å². The summed E-state index contributed by atoms with van der Waals surface area (Å²) in [5, 5.41) is 7.70. The lowest BCUT2D eigenvalue weighted by Crippen LogP contribution is -2.21. The van der Waals surface area contributed by atoms with Crippen LogP contribution in [0.4, 0.5) is 0 Å². The molecule has 1 aliphatic carbocycles. The van der Waals surface area contributed by atoms with Crippen molar-refractivity contribution in [1.82, 2.24) is 20.1 Å².